The second-order valence-electron chi connectivity index (χ2n) is 4.41. The van der Waals surface area contributed by atoms with Crippen LogP contribution in [0.1, 0.15) is 16.5 Å². The van der Waals surface area contributed by atoms with Gasteiger partial charge in [-0.25, -0.2) is 0 Å². The number of benzene rings is 1. The highest BCUT2D eigenvalue weighted by atomic mass is 35.5. The molecule has 0 fully saturated rings. The van der Waals surface area contributed by atoms with E-state index >= 15 is 0 Å². The highest BCUT2D eigenvalue weighted by Crippen LogP contribution is 2.20. The molecule has 2 nitrogen and oxygen atoms in total. The van der Waals surface area contributed by atoms with Crippen molar-refractivity contribution in [1.29, 1.82) is 0 Å². The molecule has 1 heterocycles. The van der Waals surface area contributed by atoms with Crippen LogP contribution in [0.4, 0.5) is 0 Å². The number of hydrogen-bond donors (Lipinski definition) is 1. The van der Waals surface area contributed by atoms with Gasteiger partial charge in [0.15, 0.2) is 0 Å². The lowest BCUT2D eigenvalue weighted by Crippen LogP contribution is -2.28. The third kappa shape index (κ3) is 3.56. The molecule has 0 aliphatic heterocycles. The Kier molecular flexibility index (Phi) is 4.78. The van der Waals surface area contributed by atoms with Crippen molar-refractivity contribution in [1.82, 2.24) is 4.90 Å². The van der Waals surface area contributed by atoms with Crippen molar-refractivity contribution in [2.75, 3.05) is 13.6 Å². The lowest BCUT2D eigenvalue weighted by molar-refractivity contribution is 0.307. The van der Waals surface area contributed by atoms with Crippen molar-refractivity contribution in [2.24, 2.45) is 5.73 Å². The molecule has 0 aliphatic rings. The maximum Gasteiger partial charge on any atom is 0.0519 e. The van der Waals surface area contributed by atoms with Crippen LogP contribution in [-0.2, 0) is 6.54 Å². The summed E-state index contributed by atoms with van der Waals surface area (Å²) in [5, 5.41) is 2.87. The number of hydrogen-bond acceptors (Lipinski definition) is 3. The molecule has 0 spiro atoms. The zero-order valence-corrected chi connectivity index (χ0v) is 11.9. The fourth-order valence-electron chi connectivity index (χ4n) is 1.91. The number of rotatable bonds is 5. The van der Waals surface area contributed by atoms with Crippen LogP contribution in [0.2, 0.25) is 5.02 Å². The van der Waals surface area contributed by atoms with Crippen LogP contribution in [0.5, 0.6) is 0 Å². The Bertz CT molecular complexity index is 484. The van der Waals surface area contributed by atoms with Crippen LogP contribution in [-0.4, -0.2) is 18.5 Å². The zero-order valence-electron chi connectivity index (χ0n) is 10.3. The van der Waals surface area contributed by atoms with E-state index in [1.807, 2.05) is 24.3 Å². The Balaban J connectivity index is 1.93. The topological polar surface area (TPSA) is 29.3 Å². The van der Waals surface area contributed by atoms with Crippen molar-refractivity contribution in [3.63, 3.8) is 0 Å². The SMILES string of the molecule is CN(Cc1ccccc1Cl)CC(N)c1cccs1. The molecule has 1 atom stereocenters. The first-order chi connectivity index (χ1) is 8.66. The van der Waals surface area contributed by atoms with Crippen LogP contribution in [0.25, 0.3) is 0 Å². The lowest BCUT2D eigenvalue weighted by Gasteiger charge is -2.21. The van der Waals surface area contributed by atoms with Crippen LogP contribution in [0, 0.1) is 0 Å². The molecular formula is C14H17ClN2S. The Morgan fingerprint density at radius 1 is 1.28 bits per heavy atom. The average molecular weight is 281 g/mol. The highest BCUT2D eigenvalue weighted by Gasteiger charge is 2.11. The van der Waals surface area contributed by atoms with Gasteiger partial charge < -0.3 is 10.6 Å². The van der Waals surface area contributed by atoms with Gasteiger partial charge in [-0.2, -0.15) is 0 Å². The number of likely N-dealkylation sites (N-methyl/N-ethyl adjacent to an activating group) is 1. The summed E-state index contributed by atoms with van der Waals surface area (Å²) < 4.78 is 0. The van der Waals surface area contributed by atoms with E-state index < -0.39 is 0 Å². The van der Waals surface area contributed by atoms with Crippen molar-refractivity contribution in [2.45, 2.75) is 12.6 Å². The van der Waals surface area contributed by atoms with Gasteiger partial charge in [-0.1, -0.05) is 35.9 Å². The number of nitrogens with zero attached hydrogens (tertiary/aromatic N) is 1. The molecule has 0 bridgehead atoms. The third-order valence-corrected chi connectivity index (χ3v) is 4.19. The molecule has 2 rings (SSSR count). The highest BCUT2D eigenvalue weighted by molar-refractivity contribution is 7.10. The molecule has 0 saturated heterocycles. The van der Waals surface area contributed by atoms with Crippen molar-refractivity contribution in [3.05, 3.63) is 57.2 Å². The maximum atomic E-state index is 6.17. The minimum absolute atomic E-state index is 0.0671. The van der Waals surface area contributed by atoms with Gasteiger partial charge in [-0.15, -0.1) is 11.3 Å². The van der Waals surface area contributed by atoms with Gasteiger partial charge in [-0.05, 0) is 30.1 Å². The van der Waals surface area contributed by atoms with Gasteiger partial charge in [0.2, 0.25) is 0 Å². The number of thiophene rings is 1. The number of halogens is 1. The molecule has 1 unspecified atom stereocenters. The van der Waals surface area contributed by atoms with Gasteiger partial charge in [0.25, 0.3) is 0 Å². The summed E-state index contributed by atoms with van der Waals surface area (Å²) in [6.45, 7) is 1.64. The molecule has 0 amide bonds. The Morgan fingerprint density at radius 3 is 2.72 bits per heavy atom. The summed E-state index contributed by atoms with van der Waals surface area (Å²) in [5.41, 5.74) is 7.31. The smallest absolute Gasteiger partial charge is 0.0519 e. The summed E-state index contributed by atoms with van der Waals surface area (Å²) in [6, 6.07) is 12.1. The molecule has 2 aromatic rings. The Labute approximate surface area is 117 Å². The van der Waals surface area contributed by atoms with E-state index in [0.29, 0.717) is 0 Å². The Hall–Kier alpha value is -0.870. The quantitative estimate of drug-likeness (QED) is 0.908. The first kappa shape index (κ1) is 13.6. The van der Waals surface area contributed by atoms with E-state index in [1.54, 1.807) is 11.3 Å². The minimum atomic E-state index is 0.0671. The molecule has 96 valence electrons. The Morgan fingerprint density at radius 2 is 2.06 bits per heavy atom. The minimum Gasteiger partial charge on any atom is -0.322 e. The molecule has 2 N–H and O–H groups in total. The van der Waals surface area contributed by atoms with Crippen molar-refractivity contribution in [3.8, 4) is 0 Å². The maximum absolute atomic E-state index is 6.17. The summed E-state index contributed by atoms with van der Waals surface area (Å²) in [7, 11) is 2.07. The van der Waals surface area contributed by atoms with Crippen molar-refractivity contribution < 1.29 is 0 Å². The fourth-order valence-corrected chi connectivity index (χ4v) is 2.83. The molecule has 0 aliphatic carbocycles. The predicted molar refractivity (Wildman–Crippen MR) is 79.0 cm³/mol. The first-order valence-electron chi connectivity index (χ1n) is 5.87. The van der Waals surface area contributed by atoms with Gasteiger partial charge in [0.05, 0.1) is 6.04 Å². The van der Waals surface area contributed by atoms with E-state index in [4.69, 9.17) is 17.3 Å². The van der Waals surface area contributed by atoms with Crippen LogP contribution in [0.15, 0.2) is 41.8 Å². The summed E-state index contributed by atoms with van der Waals surface area (Å²) in [5.74, 6) is 0. The van der Waals surface area contributed by atoms with Crippen LogP contribution < -0.4 is 5.73 Å². The molecular weight excluding hydrogens is 264 g/mol. The van der Waals surface area contributed by atoms with Gasteiger partial charge in [0, 0.05) is 23.0 Å². The molecule has 4 heteroatoms. The summed E-state index contributed by atoms with van der Waals surface area (Å²) in [6.07, 6.45) is 0. The number of nitrogens with two attached hydrogens (primary N) is 1. The van der Waals surface area contributed by atoms with Gasteiger partial charge >= 0.3 is 0 Å². The fraction of sp³-hybridized carbons (Fsp3) is 0.286. The monoisotopic (exact) mass is 280 g/mol. The second-order valence-corrected chi connectivity index (χ2v) is 5.80. The standard InChI is InChI=1S/C14H17ClN2S/c1-17(9-11-5-2-3-6-12(11)15)10-13(16)14-7-4-8-18-14/h2-8,13H,9-10,16H2,1H3. The summed E-state index contributed by atoms with van der Waals surface area (Å²) >= 11 is 7.85. The molecule has 1 aromatic heterocycles. The first-order valence-corrected chi connectivity index (χ1v) is 7.13. The molecule has 0 radical (unpaired) electrons. The van der Waals surface area contributed by atoms with Crippen LogP contribution in [0.3, 0.4) is 0 Å². The van der Waals surface area contributed by atoms with E-state index in [2.05, 4.69) is 29.5 Å². The molecule has 18 heavy (non-hydrogen) atoms. The van der Waals surface area contributed by atoms with E-state index in [9.17, 15) is 0 Å². The van der Waals surface area contributed by atoms with E-state index in [1.165, 1.54) is 4.88 Å². The molecule has 0 saturated carbocycles. The van der Waals surface area contributed by atoms with Gasteiger partial charge in [-0.3, -0.25) is 0 Å². The third-order valence-electron chi connectivity index (χ3n) is 2.82. The predicted octanol–water partition coefficient (Wildman–Crippen LogP) is 3.53. The normalized spacial score (nSPS) is 12.9. The van der Waals surface area contributed by atoms with E-state index in [0.717, 1.165) is 23.7 Å². The molecule has 1 aromatic carbocycles. The van der Waals surface area contributed by atoms with Gasteiger partial charge in [0.1, 0.15) is 0 Å². The zero-order chi connectivity index (χ0) is 13.0. The summed E-state index contributed by atoms with van der Waals surface area (Å²) in [4.78, 5) is 3.42. The van der Waals surface area contributed by atoms with Crippen molar-refractivity contribution >= 4 is 22.9 Å². The lowest BCUT2D eigenvalue weighted by atomic mass is 10.2. The van der Waals surface area contributed by atoms with Crippen LogP contribution >= 0.6 is 22.9 Å². The average Bonchev–Trinajstić information content (AvgIpc) is 2.85. The van der Waals surface area contributed by atoms with E-state index in [-0.39, 0.29) is 6.04 Å². The largest absolute Gasteiger partial charge is 0.322 e. The second kappa shape index (κ2) is 6.34.